The van der Waals surface area contributed by atoms with Crippen LogP contribution in [0, 0.1) is 0 Å². The number of carbonyl (C=O) groups excluding carboxylic acids is 1. The molecule has 1 aliphatic rings. The first-order valence-corrected chi connectivity index (χ1v) is 12.2. The fourth-order valence-electron chi connectivity index (χ4n) is 3.94. The monoisotopic (exact) mass is 439 g/mol. The first-order valence-electron chi connectivity index (χ1n) is 10.4. The first-order chi connectivity index (χ1) is 14.7. The van der Waals surface area contributed by atoms with E-state index in [0.717, 1.165) is 5.56 Å². The Morgan fingerprint density at radius 2 is 1.84 bits per heavy atom. The van der Waals surface area contributed by atoms with Crippen molar-refractivity contribution in [3.05, 3.63) is 81.7 Å². The predicted molar refractivity (Wildman–Crippen MR) is 120 cm³/mol. The van der Waals surface area contributed by atoms with Gasteiger partial charge in [-0.2, -0.15) is 0 Å². The van der Waals surface area contributed by atoms with Crippen LogP contribution in [0.2, 0.25) is 0 Å². The highest BCUT2D eigenvalue weighted by molar-refractivity contribution is 7.91. The molecule has 31 heavy (non-hydrogen) atoms. The van der Waals surface area contributed by atoms with Crippen molar-refractivity contribution in [3.8, 4) is 0 Å². The van der Waals surface area contributed by atoms with Crippen molar-refractivity contribution in [2.24, 2.45) is 0 Å². The Morgan fingerprint density at radius 1 is 1.13 bits per heavy atom. The number of hydrogen-bond donors (Lipinski definition) is 0. The van der Waals surface area contributed by atoms with E-state index in [4.69, 9.17) is 4.42 Å². The summed E-state index contributed by atoms with van der Waals surface area (Å²) in [7, 11) is -3.20. The Morgan fingerprint density at radius 3 is 2.48 bits per heavy atom. The minimum Gasteiger partial charge on any atom is -0.451 e. The van der Waals surface area contributed by atoms with Gasteiger partial charge in [0.05, 0.1) is 16.9 Å². The summed E-state index contributed by atoms with van der Waals surface area (Å²) in [6.07, 6.45) is 0.371. The van der Waals surface area contributed by atoms with Crippen LogP contribution in [0.4, 0.5) is 0 Å². The lowest BCUT2D eigenvalue weighted by Crippen LogP contribution is -2.40. The van der Waals surface area contributed by atoms with Gasteiger partial charge in [0.2, 0.25) is 0 Å². The average Bonchev–Trinajstić information content (AvgIpc) is 3.11. The molecular formula is C24H25NO5S. The maximum Gasteiger partial charge on any atom is 0.290 e. The number of sulfone groups is 1. The topological polar surface area (TPSA) is 84.7 Å². The Bertz CT molecular complexity index is 1280. The van der Waals surface area contributed by atoms with Crippen LogP contribution in [-0.2, 0) is 16.4 Å². The number of hydrogen-bond acceptors (Lipinski definition) is 5. The second-order valence-electron chi connectivity index (χ2n) is 8.36. The smallest absolute Gasteiger partial charge is 0.290 e. The molecule has 0 spiro atoms. The molecule has 0 aliphatic carbocycles. The van der Waals surface area contributed by atoms with Crippen LogP contribution in [0.3, 0.4) is 0 Å². The highest BCUT2D eigenvalue weighted by Gasteiger charge is 2.36. The van der Waals surface area contributed by atoms with Gasteiger partial charge in [-0.1, -0.05) is 50.2 Å². The zero-order chi connectivity index (χ0) is 22.2. The van der Waals surface area contributed by atoms with Crippen LogP contribution < -0.4 is 5.43 Å². The maximum absolute atomic E-state index is 13.4. The van der Waals surface area contributed by atoms with Gasteiger partial charge < -0.3 is 9.32 Å². The van der Waals surface area contributed by atoms with Crippen LogP contribution in [0.1, 0.15) is 47.9 Å². The van der Waals surface area contributed by atoms with Crippen LogP contribution in [-0.4, -0.2) is 36.8 Å². The van der Waals surface area contributed by atoms with Crippen LogP contribution >= 0.6 is 0 Å². The van der Waals surface area contributed by atoms with Crippen molar-refractivity contribution in [3.63, 3.8) is 0 Å². The number of nitrogens with zero attached hydrogens (tertiary/aromatic N) is 1. The lowest BCUT2D eigenvalue weighted by Gasteiger charge is -2.28. The minimum atomic E-state index is -3.20. The molecule has 3 aromatic rings. The van der Waals surface area contributed by atoms with Crippen molar-refractivity contribution in [1.82, 2.24) is 4.90 Å². The highest BCUT2D eigenvalue weighted by atomic mass is 32.2. The third kappa shape index (κ3) is 4.56. The fraction of sp³-hybridized carbons (Fsp3) is 0.333. The third-order valence-electron chi connectivity index (χ3n) is 5.75. The summed E-state index contributed by atoms with van der Waals surface area (Å²) < 4.78 is 29.9. The zero-order valence-electron chi connectivity index (χ0n) is 17.6. The van der Waals surface area contributed by atoms with Crippen molar-refractivity contribution >= 4 is 26.7 Å². The van der Waals surface area contributed by atoms with Gasteiger partial charge in [-0.05, 0) is 35.6 Å². The van der Waals surface area contributed by atoms with Gasteiger partial charge in [0.1, 0.15) is 5.58 Å². The molecule has 0 bridgehead atoms. The van der Waals surface area contributed by atoms with E-state index in [2.05, 4.69) is 13.8 Å². The molecule has 1 fully saturated rings. The maximum atomic E-state index is 13.4. The molecule has 0 saturated carbocycles. The van der Waals surface area contributed by atoms with E-state index in [1.807, 2.05) is 24.3 Å². The van der Waals surface area contributed by atoms with E-state index >= 15 is 0 Å². The SMILES string of the molecule is CC(C)c1ccc(CN(C(=O)c2cc(=O)c3ccccc3o2)[C@H]2CCS(=O)(=O)C2)cc1. The molecule has 2 heterocycles. The molecule has 4 rings (SSSR count). The lowest BCUT2D eigenvalue weighted by molar-refractivity contribution is 0.0648. The van der Waals surface area contributed by atoms with Crippen LogP contribution in [0.25, 0.3) is 11.0 Å². The third-order valence-corrected chi connectivity index (χ3v) is 7.51. The van der Waals surface area contributed by atoms with E-state index in [9.17, 15) is 18.0 Å². The molecule has 1 amide bonds. The van der Waals surface area contributed by atoms with E-state index in [1.54, 1.807) is 24.3 Å². The van der Waals surface area contributed by atoms with Crippen LogP contribution in [0.5, 0.6) is 0 Å². The molecule has 1 aromatic heterocycles. The standard InChI is InChI=1S/C24H25NO5S/c1-16(2)18-9-7-17(8-10-18)14-25(19-11-12-31(28,29)15-19)24(27)23-13-21(26)20-5-3-4-6-22(20)30-23/h3-10,13,16,19H,11-12,14-15H2,1-2H3/t19-/m0/s1. The normalized spacial score (nSPS) is 17.8. The van der Waals surface area contributed by atoms with Crippen molar-refractivity contribution < 1.29 is 17.6 Å². The van der Waals surface area contributed by atoms with E-state index in [1.165, 1.54) is 16.5 Å². The van der Waals surface area contributed by atoms with E-state index < -0.39 is 21.8 Å². The summed E-state index contributed by atoms with van der Waals surface area (Å²) in [6.45, 7) is 4.46. The molecule has 1 atom stereocenters. The quantitative estimate of drug-likeness (QED) is 0.605. The largest absolute Gasteiger partial charge is 0.451 e. The summed E-state index contributed by atoms with van der Waals surface area (Å²) in [6, 6.07) is 15.4. The second kappa shape index (κ2) is 8.30. The molecule has 0 N–H and O–H groups in total. The number of rotatable bonds is 5. The number of carbonyl (C=O) groups is 1. The van der Waals surface area contributed by atoms with Gasteiger partial charge in [0.25, 0.3) is 5.91 Å². The van der Waals surface area contributed by atoms with Crippen LogP contribution in [0.15, 0.2) is 63.8 Å². The molecule has 0 radical (unpaired) electrons. The molecular weight excluding hydrogens is 414 g/mol. The highest BCUT2D eigenvalue weighted by Crippen LogP contribution is 2.24. The van der Waals surface area contributed by atoms with Gasteiger partial charge in [-0.15, -0.1) is 0 Å². The molecule has 6 nitrogen and oxygen atoms in total. The summed E-state index contributed by atoms with van der Waals surface area (Å²) >= 11 is 0. The zero-order valence-corrected chi connectivity index (χ0v) is 18.4. The van der Waals surface area contributed by atoms with Gasteiger partial charge in [0.15, 0.2) is 21.0 Å². The summed E-state index contributed by atoms with van der Waals surface area (Å²) in [5.41, 5.74) is 2.11. The number of fused-ring (bicyclic) bond motifs is 1. The summed E-state index contributed by atoms with van der Waals surface area (Å²) in [5.74, 6) is -0.195. The fourth-order valence-corrected chi connectivity index (χ4v) is 5.67. The Labute approximate surface area is 181 Å². The molecule has 7 heteroatoms. The Kier molecular flexibility index (Phi) is 5.71. The molecule has 1 saturated heterocycles. The number of amides is 1. The Balaban J connectivity index is 1.70. The summed E-state index contributed by atoms with van der Waals surface area (Å²) in [5, 5.41) is 0.401. The Hall–Kier alpha value is -2.93. The van der Waals surface area contributed by atoms with Crippen molar-refractivity contribution in [2.75, 3.05) is 11.5 Å². The van der Waals surface area contributed by atoms with Gasteiger partial charge >= 0.3 is 0 Å². The lowest BCUT2D eigenvalue weighted by atomic mass is 10.0. The predicted octanol–water partition coefficient (Wildman–Crippen LogP) is 3.75. The first kappa shape index (κ1) is 21.3. The molecule has 2 aromatic carbocycles. The number of para-hydroxylation sites is 1. The van der Waals surface area contributed by atoms with E-state index in [0.29, 0.717) is 23.3 Å². The molecule has 1 aliphatic heterocycles. The second-order valence-corrected chi connectivity index (χ2v) is 10.6. The van der Waals surface area contributed by atoms with Crippen molar-refractivity contribution in [2.45, 2.75) is 38.8 Å². The van der Waals surface area contributed by atoms with Gasteiger partial charge in [-0.25, -0.2) is 8.42 Å². The van der Waals surface area contributed by atoms with Crippen molar-refractivity contribution in [1.29, 1.82) is 0 Å². The van der Waals surface area contributed by atoms with Gasteiger partial charge in [0, 0.05) is 18.7 Å². The van der Waals surface area contributed by atoms with E-state index in [-0.39, 0.29) is 29.2 Å². The number of benzene rings is 2. The molecule has 0 unspecified atom stereocenters. The average molecular weight is 440 g/mol. The minimum absolute atomic E-state index is 0.0510. The van der Waals surface area contributed by atoms with Gasteiger partial charge in [-0.3, -0.25) is 9.59 Å². The summed E-state index contributed by atoms with van der Waals surface area (Å²) in [4.78, 5) is 27.4. The molecule has 162 valence electrons.